The van der Waals surface area contributed by atoms with Crippen molar-refractivity contribution in [3.05, 3.63) is 62.0 Å². The van der Waals surface area contributed by atoms with E-state index >= 15 is 0 Å². The van der Waals surface area contributed by atoms with Crippen LogP contribution in [0.2, 0.25) is 0 Å². The van der Waals surface area contributed by atoms with Gasteiger partial charge in [0, 0.05) is 43.2 Å². The zero-order chi connectivity index (χ0) is 25.1. The number of thiazole rings is 1. The van der Waals surface area contributed by atoms with E-state index < -0.39 is 5.97 Å². The van der Waals surface area contributed by atoms with E-state index in [2.05, 4.69) is 43.1 Å². The molecule has 1 atom stereocenters. The molecule has 0 amide bonds. The van der Waals surface area contributed by atoms with E-state index in [4.69, 9.17) is 9.97 Å². The Bertz CT molecular complexity index is 1290. The first kappa shape index (κ1) is 25.1. The number of aliphatic carboxylic acids is 1. The first-order valence-electron chi connectivity index (χ1n) is 12.0. The third kappa shape index (κ3) is 5.79. The van der Waals surface area contributed by atoms with Gasteiger partial charge in [-0.1, -0.05) is 13.8 Å². The number of carbonyl (C=O) groups is 1. The van der Waals surface area contributed by atoms with E-state index in [1.165, 1.54) is 10.5 Å². The molecule has 0 aromatic carbocycles. The number of hydrogen-bond acceptors (Lipinski definition) is 7. The molecule has 0 bridgehead atoms. The fraction of sp³-hybridized carbons (Fsp3) is 0.462. The summed E-state index contributed by atoms with van der Waals surface area (Å²) in [7, 11) is 4.11. The predicted molar refractivity (Wildman–Crippen MR) is 141 cm³/mol. The highest BCUT2D eigenvalue weighted by atomic mass is 32.1. The van der Waals surface area contributed by atoms with Crippen LogP contribution < -0.4 is 10.5 Å². The van der Waals surface area contributed by atoms with Gasteiger partial charge >= 0.3 is 5.97 Å². The highest BCUT2D eigenvalue weighted by Crippen LogP contribution is 2.24. The second kappa shape index (κ2) is 10.7. The molecule has 186 valence electrons. The number of aromatic nitrogens is 3. The summed E-state index contributed by atoms with van der Waals surface area (Å²) in [6.07, 6.45) is 7.83. The number of likely N-dealkylation sites (N-methyl/N-ethyl adjacent to an activating group) is 1. The number of rotatable bonds is 8. The topological polar surface area (TPSA) is 91.0 Å². The molecule has 3 aromatic rings. The number of aryl methyl sites for hydroxylation is 2. The number of carboxylic acid groups (broad SMARTS) is 1. The minimum atomic E-state index is -1.09. The molecule has 0 radical (unpaired) electrons. The van der Waals surface area contributed by atoms with Crippen molar-refractivity contribution in [1.29, 1.82) is 0 Å². The summed E-state index contributed by atoms with van der Waals surface area (Å²) >= 11 is 1.69. The number of pyridine rings is 1. The zero-order valence-electron chi connectivity index (χ0n) is 20.8. The molecule has 3 aromatic heterocycles. The van der Waals surface area contributed by atoms with Gasteiger partial charge in [-0.15, -0.1) is 11.3 Å². The Hall–Kier alpha value is -3.04. The summed E-state index contributed by atoms with van der Waals surface area (Å²) in [4.78, 5) is 38.5. The lowest BCUT2D eigenvalue weighted by Gasteiger charge is -2.37. The van der Waals surface area contributed by atoms with Crippen molar-refractivity contribution in [3.8, 4) is 0 Å². The molecule has 0 aliphatic carbocycles. The van der Waals surface area contributed by atoms with Gasteiger partial charge in [0.1, 0.15) is 11.5 Å². The van der Waals surface area contributed by atoms with Gasteiger partial charge in [-0.25, -0.2) is 14.8 Å². The molecule has 1 aliphatic heterocycles. The first-order chi connectivity index (χ1) is 16.7. The molecule has 4 heterocycles. The lowest BCUT2D eigenvalue weighted by molar-refractivity contribution is -0.131. The Morgan fingerprint density at radius 3 is 2.80 bits per heavy atom. The highest BCUT2D eigenvalue weighted by molar-refractivity contribution is 7.09. The maximum atomic E-state index is 13.4. The molecule has 9 heteroatoms. The Labute approximate surface area is 209 Å². The van der Waals surface area contributed by atoms with Gasteiger partial charge in [0.2, 0.25) is 0 Å². The summed E-state index contributed by atoms with van der Waals surface area (Å²) in [6.45, 7) is 5.81. The van der Waals surface area contributed by atoms with Crippen molar-refractivity contribution < 1.29 is 9.90 Å². The van der Waals surface area contributed by atoms with Crippen molar-refractivity contribution >= 4 is 34.8 Å². The highest BCUT2D eigenvalue weighted by Gasteiger charge is 2.25. The Morgan fingerprint density at radius 2 is 2.11 bits per heavy atom. The number of carboxylic acids is 1. The van der Waals surface area contributed by atoms with Crippen molar-refractivity contribution in [2.45, 2.75) is 51.5 Å². The van der Waals surface area contributed by atoms with Crippen LogP contribution in [0.25, 0.3) is 11.7 Å². The lowest BCUT2D eigenvalue weighted by atomic mass is 10.0. The fourth-order valence-electron chi connectivity index (χ4n) is 4.40. The van der Waals surface area contributed by atoms with Crippen LogP contribution in [0.3, 0.4) is 0 Å². The number of fused-ring (bicyclic) bond motifs is 1. The van der Waals surface area contributed by atoms with Gasteiger partial charge in [0.15, 0.2) is 0 Å². The quantitative estimate of drug-likeness (QED) is 0.477. The molecule has 8 nitrogen and oxygen atoms in total. The largest absolute Gasteiger partial charge is 0.478 e. The number of hydrogen-bond donors (Lipinski definition) is 1. The third-order valence-corrected chi connectivity index (χ3v) is 7.44. The van der Waals surface area contributed by atoms with E-state index in [0.29, 0.717) is 29.0 Å². The summed E-state index contributed by atoms with van der Waals surface area (Å²) in [5.74, 6) is -0.123. The molecule has 1 aliphatic rings. The molecule has 1 saturated heterocycles. The van der Waals surface area contributed by atoms with Crippen LogP contribution in [-0.4, -0.2) is 63.6 Å². The van der Waals surface area contributed by atoms with E-state index in [9.17, 15) is 14.7 Å². The Morgan fingerprint density at radius 1 is 1.31 bits per heavy atom. The predicted octanol–water partition coefficient (Wildman–Crippen LogP) is 3.69. The molecular weight excluding hydrogens is 462 g/mol. The average Bonchev–Trinajstić information content (AvgIpc) is 3.31. The third-order valence-electron chi connectivity index (χ3n) is 6.52. The lowest BCUT2D eigenvalue weighted by Crippen LogP contribution is -2.46. The summed E-state index contributed by atoms with van der Waals surface area (Å²) in [5.41, 5.74) is 2.83. The summed E-state index contributed by atoms with van der Waals surface area (Å²) < 4.78 is 1.50. The van der Waals surface area contributed by atoms with Gasteiger partial charge in [0.25, 0.3) is 5.56 Å². The molecule has 1 fully saturated rings. The maximum Gasteiger partial charge on any atom is 0.328 e. The van der Waals surface area contributed by atoms with Crippen molar-refractivity contribution in [2.24, 2.45) is 0 Å². The smallest absolute Gasteiger partial charge is 0.328 e. The van der Waals surface area contributed by atoms with E-state index in [-0.39, 0.29) is 5.56 Å². The fourth-order valence-corrected chi connectivity index (χ4v) is 5.36. The van der Waals surface area contributed by atoms with Crippen molar-refractivity contribution in [2.75, 3.05) is 32.1 Å². The molecular formula is C26H33N5O3S. The van der Waals surface area contributed by atoms with Crippen LogP contribution >= 0.6 is 11.3 Å². The number of nitrogens with zero attached hydrogens (tertiary/aromatic N) is 5. The van der Waals surface area contributed by atoms with Crippen LogP contribution in [0.5, 0.6) is 0 Å². The van der Waals surface area contributed by atoms with Gasteiger partial charge in [-0.2, -0.15) is 0 Å². The number of anilines is 1. The van der Waals surface area contributed by atoms with Crippen LogP contribution in [0.15, 0.2) is 34.6 Å². The Kier molecular flexibility index (Phi) is 7.66. The van der Waals surface area contributed by atoms with E-state index in [0.717, 1.165) is 61.1 Å². The van der Waals surface area contributed by atoms with Crippen molar-refractivity contribution in [3.63, 3.8) is 0 Å². The zero-order valence-corrected chi connectivity index (χ0v) is 21.6. The maximum absolute atomic E-state index is 13.4. The van der Waals surface area contributed by atoms with Gasteiger partial charge in [0.05, 0.1) is 16.3 Å². The second-order valence-corrected chi connectivity index (χ2v) is 10.6. The van der Waals surface area contributed by atoms with E-state index in [1.54, 1.807) is 17.5 Å². The van der Waals surface area contributed by atoms with Gasteiger partial charge in [-0.3, -0.25) is 9.20 Å². The van der Waals surface area contributed by atoms with E-state index in [1.807, 2.05) is 12.1 Å². The van der Waals surface area contributed by atoms with Crippen LogP contribution in [0, 0.1) is 0 Å². The molecule has 0 saturated carbocycles. The van der Waals surface area contributed by atoms with Gasteiger partial charge < -0.3 is 14.9 Å². The summed E-state index contributed by atoms with van der Waals surface area (Å²) in [5, 5.41) is 12.4. The van der Waals surface area contributed by atoms with Crippen LogP contribution in [0.1, 0.15) is 54.4 Å². The van der Waals surface area contributed by atoms with Crippen LogP contribution in [0.4, 0.5) is 5.82 Å². The van der Waals surface area contributed by atoms with Gasteiger partial charge in [-0.05, 0) is 63.0 Å². The Balaban J connectivity index is 1.69. The first-order valence-corrected chi connectivity index (χ1v) is 12.9. The van der Waals surface area contributed by atoms with Crippen LogP contribution in [-0.2, 0) is 17.6 Å². The average molecular weight is 496 g/mol. The molecule has 35 heavy (non-hydrogen) atoms. The summed E-state index contributed by atoms with van der Waals surface area (Å²) in [6, 6.07) is 4.24. The second-order valence-electron chi connectivity index (χ2n) is 9.62. The minimum absolute atomic E-state index is 0.262. The monoisotopic (exact) mass is 495 g/mol. The molecule has 1 N–H and O–H groups in total. The van der Waals surface area contributed by atoms with Crippen molar-refractivity contribution in [1.82, 2.24) is 19.3 Å². The SMILES string of the molecule is CC(C)c1csc(CCc2ccn3c(=O)c(C=CC(=O)O)c(N4CCCC(N(C)C)C4)nc3c2)n1. The standard InChI is InChI=1S/C26H33N5O3S/c1-17(2)21-16-35-23(27-21)9-7-18-11-13-31-22(14-18)28-25(20(26(31)34)8-10-24(32)33)30-12-5-6-19(15-30)29(3)4/h8,10-11,13-14,16-17,19H,5-7,9,12,15H2,1-4H3,(H,32,33). The normalized spacial score (nSPS) is 16.7. The number of piperidine rings is 1. The minimum Gasteiger partial charge on any atom is -0.478 e. The molecule has 1 unspecified atom stereocenters. The molecule has 0 spiro atoms. The molecule has 4 rings (SSSR count).